The minimum absolute atomic E-state index is 0.515. The van der Waals surface area contributed by atoms with Crippen molar-refractivity contribution >= 4 is 5.65 Å². The molecule has 0 radical (unpaired) electrons. The first-order valence-corrected chi connectivity index (χ1v) is 6.00. The molecule has 0 aromatic carbocycles. The van der Waals surface area contributed by atoms with E-state index in [1.807, 2.05) is 24.3 Å². The van der Waals surface area contributed by atoms with E-state index < -0.39 is 0 Å². The Labute approximate surface area is 101 Å². The quantitative estimate of drug-likeness (QED) is 0.863. The lowest BCUT2D eigenvalue weighted by atomic mass is 10.1. The molecule has 1 atom stereocenters. The highest BCUT2D eigenvalue weighted by Gasteiger charge is 2.10. The van der Waals surface area contributed by atoms with Crippen molar-refractivity contribution in [3.8, 4) is 0 Å². The van der Waals surface area contributed by atoms with Crippen molar-refractivity contribution in [3.05, 3.63) is 23.4 Å². The van der Waals surface area contributed by atoms with Gasteiger partial charge in [0.1, 0.15) is 11.6 Å². The van der Waals surface area contributed by atoms with Gasteiger partial charge in [0.2, 0.25) is 0 Å². The lowest BCUT2D eigenvalue weighted by molar-refractivity contribution is 0.533. The standard InChI is InChI=1S/C12H19N5/c1-8(7-13)4-5-11-15-16-12-6-9(2)14-10(3)17(11)12/h6,8H,4-5,7,13H2,1-3H3. The van der Waals surface area contributed by atoms with E-state index >= 15 is 0 Å². The number of rotatable bonds is 4. The van der Waals surface area contributed by atoms with E-state index in [-0.39, 0.29) is 0 Å². The summed E-state index contributed by atoms with van der Waals surface area (Å²) in [5, 5.41) is 8.42. The van der Waals surface area contributed by atoms with Crippen LogP contribution in [0.3, 0.4) is 0 Å². The van der Waals surface area contributed by atoms with Crippen molar-refractivity contribution in [3.63, 3.8) is 0 Å². The van der Waals surface area contributed by atoms with Gasteiger partial charge >= 0.3 is 0 Å². The molecule has 0 bridgehead atoms. The molecule has 0 aliphatic heterocycles. The molecule has 0 amide bonds. The third-order valence-corrected chi connectivity index (χ3v) is 3.02. The predicted octanol–water partition coefficient (Wildman–Crippen LogP) is 1.27. The minimum atomic E-state index is 0.515. The lowest BCUT2D eigenvalue weighted by Gasteiger charge is -2.07. The SMILES string of the molecule is Cc1cc2nnc(CCC(C)CN)n2c(C)n1. The van der Waals surface area contributed by atoms with Crippen molar-refractivity contribution in [2.24, 2.45) is 11.7 Å². The molecule has 0 fully saturated rings. The molecule has 2 N–H and O–H groups in total. The van der Waals surface area contributed by atoms with Crippen LogP contribution >= 0.6 is 0 Å². The van der Waals surface area contributed by atoms with E-state index in [0.717, 1.165) is 35.8 Å². The first-order chi connectivity index (χ1) is 8.11. The molecule has 0 saturated carbocycles. The van der Waals surface area contributed by atoms with Gasteiger partial charge in [-0.1, -0.05) is 6.92 Å². The second kappa shape index (κ2) is 4.79. The molecule has 2 aromatic rings. The van der Waals surface area contributed by atoms with Crippen molar-refractivity contribution in [1.82, 2.24) is 19.6 Å². The van der Waals surface area contributed by atoms with E-state index in [2.05, 4.69) is 22.1 Å². The number of aryl methyl sites for hydroxylation is 3. The fourth-order valence-electron chi connectivity index (χ4n) is 1.96. The highest BCUT2D eigenvalue weighted by atomic mass is 15.3. The number of hydrogen-bond donors (Lipinski definition) is 1. The van der Waals surface area contributed by atoms with Crippen LogP contribution in [0.2, 0.25) is 0 Å². The largest absolute Gasteiger partial charge is 0.330 e. The van der Waals surface area contributed by atoms with E-state index in [4.69, 9.17) is 5.73 Å². The maximum Gasteiger partial charge on any atom is 0.164 e. The zero-order valence-corrected chi connectivity index (χ0v) is 10.6. The molecule has 5 heteroatoms. The Bertz CT molecular complexity index is 517. The third-order valence-electron chi connectivity index (χ3n) is 3.02. The number of nitrogens with two attached hydrogens (primary N) is 1. The van der Waals surface area contributed by atoms with Gasteiger partial charge in [-0.15, -0.1) is 10.2 Å². The van der Waals surface area contributed by atoms with Crippen molar-refractivity contribution in [2.45, 2.75) is 33.6 Å². The summed E-state index contributed by atoms with van der Waals surface area (Å²) >= 11 is 0. The Morgan fingerprint density at radius 1 is 1.35 bits per heavy atom. The summed E-state index contributed by atoms with van der Waals surface area (Å²) in [5.74, 6) is 2.44. The number of aromatic nitrogens is 4. The van der Waals surface area contributed by atoms with Gasteiger partial charge in [0, 0.05) is 18.2 Å². The summed E-state index contributed by atoms with van der Waals surface area (Å²) in [6.45, 7) is 6.82. The second-order valence-electron chi connectivity index (χ2n) is 4.63. The molecule has 0 saturated heterocycles. The molecule has 2 aromatic heterocycles. The second-order valence-corrected chi connectivity index (χ2v) is 4.63. The Balaban J connectivity index is 2.29. The van der Waals surface area contributed by atoms with E-state index in [0.29, 0.717) is 12.5 Å². The molecule has 0 aliphatic rings. The van der Waals surface area contributed by atoms with Crippen LogP contribution in [-0.4, -0.2) is 26.1 Å². The molecular formula is C12H19N5. The van der Waals surface area contributed by atoms with Gasteiger partial charge in [0.25, 0.3) is 0 Å². The molecule has 17 heavy (non-hydrogen) atoms. The van der Waals surface area contributed by atoms with Crippen LogP contribution in [0.15, 0.2) is 6.07 Å². The Hall–Kier alpha value is -1.49. The van der Waals surface area contributed by atoms with Gasteiger partial charge in [-0.2, -0.15) is 0 Å². The van der Waals surface area contributed by atoms with Crippen LogP contribution in [0.5, 0.6) is 0 Å². The molecule has 2 rings (SSSR count). The topological polar surface area (TPSA) is 69.1 Å². The molecule has 1 unspecified atom stereocenters. The number of hydrogen-bond acceptors (Lipinski definition) is 4. The van der Waals surface area contributed by atoms with Crippen LogP contribution < -0.4 is 5.73 Å². The fourth-order valence-corrected chi connectivity index (χ4v) is 1.96. The predicted molar refractivity (Wildman–Crippen MR) is 66.8 cm³/mol. The molecule has 2 heterocycles. The first-order valence-electron chi connectivity index (χ1n) is 6.00. The van der Waals surface area contributed by atoms with Crippen molar-refractivity contribution < 1.29 is 0 Å². The van der Waals surface area contributed by atoms with Crippen LogP contribution in [0.25, 0.3) is 5.65 Å². The summed E-state index contributed by atoms with van der Waals surface area (Å²) in [5.41, 5.74) is 7.47. The minimum Gasteiger partial charge on any atom is -0.330 e. The van der Waals surface area contributed by atoms with Crippen LogP contribution in [0.4, 0.5) is 0 Å². The first kappa shape index (κ1) is 12.0. The number of nitrogens with zero attached hydrogens (tertiary/aromatic N) is 4. The smallest absolute Gasteiger partial charge is 0.164 e. The lowest BCUT2D eigenvalue weighted by Crippen LogP contribution is -2.12. The summed E-state index contributed by atoms with van der Waals surface area (Å²) in [4.78, 5) is 4.44. The van der Waals surface area contributed by atoms with E-state index in [9.17, 15) is 0 Å². The van der Waals surface area contributed by atoms with Gasteiger partial charge in [-0.3, -0.25) is 4.40 Å². The molecule has 5 nitrogen and oxygen atoms in total. The van der Waals surface area contributed by atoms with Crippen LogP contribution in [-0.2, 0) is 6.42 Å². The van der Waals surface area contributed by atoms with Crippen LogP contribution in [0.1, 0.15) is 30.7 Å². The monoisotopic (exact) mass is 233 g/mol. The normalized spacial score (nSPS) is 13.2. The van der Waals surface area contributed by atoms with Crippen LogP contribution in [0, 0.1) is 19.8 Å². The average Bonchev–Trinajstić information content (AvgIpc) is 2.69. The Morgan fingerprint density at radius 2 is 2.12 bits per heavy atom. The zero-order chi connectivity index (χ0) is 12.4. The van der Waals surface area contributed by atoms with Crippen molar-refractivity contribution in [2.75, 3.05) is 6.54 Å². The fraction of sp³-hybridized carbons (Fsp3) is 0.583. The van der Waals surface area contributed by atoms with Gasteiger partial charge in [-0.05, 0) is 32.7 Å². The van der Waals surface area contributed by atoms with E-state index in [1.165, 1.54) is 0 Å². The third kappa shape index (κ3) is 2.44. The highest BCUT2D eigenvalue weighted by molar-refractivity contribution is 5.39. The van der Waals surface area contributed by atoms with Gasteiger partial charge < -0.3 is 5.73 Å². The Morgan fingerprint density at radius 3 is 2.82 bits per heavy atom. The number of fused-ring (bicyclic) bond motifs is 1. The van der Waals surface area contributed by atoms with Gasteiger partial charge in [0.15, 0.2) is 5.65 Å². The summed E-state index contributed by atoms with van der Waals surface area (Å²) < 4.78 is 2.02. The average molecular weight is 233 g/mol. The summed E-state index contributed by atoms with van der Waals surface area (Å²) in [6.07, 6.45) is 1.93. The van der Waals surface area contributed by atoms with E-state index in [1.54, 1.807) is 0 Å². The molecule has 92 valence electrons. The molecule has 0 spiro atoms. The highest BCUT2D eigenvalue weighted by Crippen LogP contribution is 2.11. The maximum atomic E-state index is 5.62. The molecular weight excluding hydrogens is 214 g/mol. The van der Waals surface area contributed by atoms with Gasteiger partial charge in [0.05, 0.1) is 0 Å². The van der Waals surface area contributed by atoms with Gasteiger partial charge in [-0.25, -0.2) is 4.98 Å². The zero-order valence-electron chi connectivity index (χ0n) is 10.6. The summed E-state index contributed by atoms with van der Waals surface area (Å²) in [7, 11) is 0. The van der Waals surface area contributed by atoms with Crippen molar-refractivity contribution in [1.29, 1.82) is 0 Å². The Kier molecular flexibility index (Phi) is 3.38. The summed E-state index contributed by atoms with van der Waals surface area (Å²) in [6, 6.07) is 1.95. The maximum absolute atomic E-state index is 5.62. The molecule has 0 aliphatic carbocycles.